The van der Waals surface area contributed by atoms with E-state index in [-0.39, 0.29) is 11.0 Å². The molecule has 6 heteroatoms. The average Bonchev–Trinajstić information content (AvgIpc) is 3.15. The smallest absolute Gasteiger partial charge is 0.264 e. The van der Waals surface area contributed by atoms with E-state index in [2.05, 4.69) is 0 Å². The van der Waals surface area contributed by atoms with Crippen molar-refractivity contribution in [2.75, 3.05) is 18.0 Å². The molecule has 1 fully saturated rings. The lowest BCUT2D eigenvalue weighted by molar-refractivity contribution is 0.210. The van der Waals surface area contributed by atoms with E-state index in [0.29, 0.717) is 18.0 Å². The van der Waals surface area contributed by atoms with Crippen molar-refractivity contribution in [3.05, 3.63) is 48.5 Å². The van der Waals surface area contributed by atoms with Crippen LogP contribution in [-0.2, 0) is 10.0 Å². The van der Waals surface area contributed by atoms with Crippen molar-refractivity contribution >= 4 is 15.7 Å². The zero-order valence-electron chi connectivity index (χ0n) is 15.2. The van der Waals surface area contributed by atoms with Crippen molar-refractivity contribution in [3.63, 3.8) is 0 Å². The molecule has 0 atom stereocenters. The topological polar surface area (TPSA) is 55.8 Å². The largest absolute Gasteiger partial charge is 0.494 e. The van der Waals surface area contributed by atoms with Crippen molar-refractivity contribution in [2.24, 2.45) is 0 Å². The average molecular weight is 375 g/mol. The van der Waals surface area contributed by atoms with Crippen LogP contribution in [0, 0.1) is 0 Å². The zero-order valence-corrected chi connectivity index (χ0v) is 16.0. The van der Waals surface area contributed by atoms with Gasteiger partial charge in [-0.2, -0.15) is 0 Å². The van der Waals surface area contributed by atoms with Gasteiger partial charge in [-0.3, -0.25) is 4.31 Å². The number of nitrogens with zero attached hydrogens (tertiary/aromatic N) is 1. The van der Waals surface area contributed by atoms with Gasteiger partial charge in [-0.05, 0) is 81.1 Å². The molecule has 0 saturated heterocycles. The predicted molar refractivity (Wildman–Crippen MR) is 103 cm³/mol. The van der Waals surface area contributed by atoms with Gasteiger partial charge in [0.1, 0.15) is 11.5 Å². The lowest BCUT2D eigenvalue weighted by atomic mass is 10.3. The number of sulfonamides is 1. The van der Waals surface area contributed by atoms with Crippen LogP contribution < -0.4 is 13.8 Å². The van der Waals surface area contributed by atoms with Crippen LogP contribution in [0.4, 0.5) is 5.69 Å². The summed E-state index contributed by atoms with van der Waals surface area (Å²) in [6.45, 7) is 2.43. The summed E-state index contributed by atoms with van der Waals surface area (Å²) < 4.78 is 38.2. The van der Waals surface area contributed by atoms with Crippen molar-refractivity contribution in [2.45, 2.75) is 43.6 Å². The normalized spacial score (nSPS) is 15.0. The molecule has 2 aromatic rings. The fraction of sp³-hybridized carbons (Fsp3) is 0.400. The molecular weight excluding hydrogens is 350 g/mol. The number of hydrogen-bond acceptors (Lipinski definition) is 4. The molecule has 140 valence electrons. The predicted octanol–water partition coefficient (Wildman–Crippen LogP) is 4.23. The van der Waals surface area contributed by atoms with E-state index in [0.717, 1.165) is 18.6 Å². The van der Waals surface area contributed by atoms with Gasteiger partial charge in [-0.25, -0.2) is 8.42 Å². The van der Waals surface area contributed by atoms with E-state index in [1.54, 1.807) is 43.4 Å². The van der Waals surface area contributed by atoms with Gasteiger partial charge in [0, 0.05) is 7.05 Å². The molecule has 1 saturated carbocycles. The van der Waals surface area contributed by atoms with Gasteiger partial charge in [0.15, 0.2) is 0 Å². The standard InChI is InChI=1S/C20H25NO4S/c1-3-24-17-12-14-20(15-13-17)26(22,23)21(2)16-8-10-19(11-9-16)25-18-6-4-5-7-18/h8-15,18H,3-7H2,1-2H3. The molecule has 1 aliphatic carbocycles. The lowest BCUT2D eigenvalue weighted by Crippen LogP contribution is -2.26. The van der Waals surface area contributed by atoms with Crippen molar-refractivity contribution in [1.29, 1.82) is 0 Å². The van der Waals surface area contributed by atoms with Crippen LogP contribution >= 0.6 is 0 Å². The summed E-state index contributed by atoms with van der Waals surface area (Å²) in [5, 5.41) is 0. The van der Waals surface area contributed by atoms with Crippen LogP contribution in [0.5, 0.6) is 11.5 Å². The molecule has 0 spiro atoms. The van der Waals surface area contributed by atoms with Crippen molar-refractivity contribution < 1.29 is 17.9 Å². The fourth-order valence-corrected chi connectivity index (χ4v) is 4.30. The van der Waals surface area contributed by atoms with Gasteiger partial charge < -0.3 is 9.47 Å². The highest BCUT2D eigenvalue weighted by molar-refractivity contribution is 7.92. The van der Waals surface area contributed by atoms with Crippen LogP contribution in [0.3, 0.4) is 0 Å². The molecule has 5 nitrogen and oxygen atoms in total. The van der Waals surface area contributed by atoms with Gasteiger partial charge in [0.25, 0.3) is 10.0 Å². The summed E-state index contributed by atoms with van der Waals surface area (Å²) in [5.74, 6) is 1.44. The second-order valence-electron chi connectivity index (χ2n) is 6.40. The Morgan fingerprint density at radius 3 is 2.12 bits per heavy atom. The molecular formula is C20H25NO4S. The zero-order chi connectivity index (χ0) is 18.6. The molecule has 2 aromatic carbocycles. The molecule has 0 N–H and O–H groups in total. The fourth-order valence-electron chi connectivity index (χ4n) is 3.10. The highest BCUT2D eigenvalue weighted by Crippen LogP contribution is 2.28. The van der Waals surface area contributed by atoms with E-state index < -0.39 is 10.0 Å². The molecule has 0 aliphatic heterocycles. The summed E-state index contributed by atoms with van der Waals surface area (Å²) in [5.41, 5.74) is 0.595. The Labute approximate surface area is 155 Å². The summed E-state index contributed by atoms with van der Waals surface area (Å²) in [4.78, 5) is 0.231. The van der Waals surface area contributed by atoms with Crippen LogP contribution in [-0.4, -0.2) is 28.2 Å². The minimum atomic E-state index is -3.62. The lowest BCUT2D eigenvalue weighted by Gasteiger charge is -2.20. The molecule has 0 bridgehead atoms. The Balaban J connectivity index is 1.73. The summed E-state index contributed by atoms with van der Waals surface area (Å²) in [6.07, 6.45) is 4.89. The minimum absolute atomic E-state index is 0.231. The van der Waals surface area contributed by atoms with Crippen molar-refractivity contribution in [1.82, 2.24) is 0 Å². The van der Waals surface area contributed by atoms with E-state index in [9.17, 15) is 8.42 Å². The first-order valence-electron chi connectivity index (χ1n) is 8.99. The van der Waals surface area contributed by atoms with E-state index >= 15 is 0 Å². The Morgan fingerprint density at radius 1 is 0.962 bits per heavy atom. The first-order chi connectivity index (χ1) is 12.5. The Hall–Kier alpha value is -2.21. The summed E-state index contributed by atoms with van der Waals surface area (Å²) >= 11 is 0. The monoisotopic (exact) mass is 375 g/mol. The molecule has 0 radical (unpaired) electrons. The van der Waals surface area contributed by atoms with Crippen molar-refractivity contribution in [3.8, 4) is 11.5 Å². The van der Waals surface area contributed by atoms with Crippen LogP contribution in [0.1, 0.15) is 32.6 Å². The molecule has 0 amide bonds. The first-order valence-corrected chi connectivity index (χ1v) is 10.4. The minimum Gasteiger partial charge on any atom is -0.494 e. The molecule has 0 unspecified atom stereocenters. The molecule has 3 rings (SSSR count). The maximum atomic E-state index is 12.8. The quantitative estimate of drug-likeness (QED) is 0.727. The van der Waals surface area contributed by atoms with E-state index in [4.69, 9.17) is 9.47 Å². The van der Waals surface area contributed by atoms with Crippen LogP contribution in [0.25, 0.3) is 0 Å². The van der Waals surface area contributed by atoms with Gasteiger partial charge in [-0.1, -0.05) is 0 Å². The molecule has 0 heterocycles. The third-order valence-electron chi connectivity index (χ3n) is 4.60. The number of ether oxygens (including phenoxy) is 2. The molecule has 1 aliphatic rings. The highest BCUT2D eigenvalue weighted by Gasteiger charge is 2.22. The van der Waals surface area contributed by atoms with Crippen LogP contribution in [0.2, 0.25) is 0 Å². The highest BCUT2D eigenvalue weighted by atomic mass is 32.2. The van der Waals surface area contributed by atoms with E-state index in [1.165, 1.54) is 17.1 Å². The summed E-state index contributed by atoms with van der Waals surface area (Å²) in [7, 11) is -2.07. The number of hydrogen-bond donors (Lipinski definition) is 0. The second kappa shape index (κ2) is 7.99. The van der Waals surface area contributed by atoms with Gasteiger partial charge in [0.2, 0.25) is 0 Å². The maximum absolute atomic E-state index is 12.8. The van der Waals surface area contributed by atoms with Crippen LogP contribution in [0.15, 0.2) is 53.4 Å². The third-order valence-corrected chi connectivity index (χ3v) is 6.40. The van der Waals surface area contributed by atoms with Gasteiger partial charge >= 0.3 is 0 Å². The first kappa shape index (κ1) is 18.6. The Morgan fingerprint density at radius 2 is 1.54 bits per heavy atom. The Kier molecular flexibility index (Phi) is 5.71. The van der Waals surface area contributed by atoms with E-state index in [1.807, 2.05) is 19.1 Å². The maximum Gasteiger partial charge on any atom is 0.264 e. The third kappa shape index (κ3) is 4.12. The number of rotatable bonds is 7. The van der Waals surface area contributed by atoms with Gasteiger partial charge in [-0.15, -0.1) is 0 Å². The van der Waals surface area contributed by atoms with Gasteiger partial charge in [0.05, 0.1) is 23.3 Å². The number of benzene rings is 2. The molecule has 0 aromatic heterocycles. The second-order valence-corrected chi connectivity index (χ2v) is 8.36. The SMILES string of the molecule is CCOc1ccc(S(=O)(=O)N(C)c2ccc(OC3CCCC3)cc2)cc1. The molecule has 26 heavy (non-hydrogen) atoms. The summed E-state index contributed by atoms with van der Waals surface area (Å²) in [6, 6.07) is 13.7. The number of anilines is 1. The Bertz CT molecular complexity index is 810.